The van der Waals surface area contributed by atoms with Crippen LogP contribution in [0.4, 0.5) is 13.2 Å². The van der Waals surface area contributed by atoms with Crippen molar-refractivity contribution in [1.82, 2.24) is 5.32 Å². The molecule has 18 heavy (non-hydrogen) atoms. The molecular formula is C14H16F3N. The molecule has 2 fully saturated rings. The molecule has 0 amide bonds. The maximum Gasteiger partial charge on any atom is 0.416 e. The molecule has 0 heterocycles. The van der Waals surface area contributed by atoms with E-state index in [0.29, 0.717) is 17.9 Å². The van der Waals surface area contributed by atoms with Crippen LogP contribution in [0.25, 0.3) is 0 Å². The van der Waals surface area contributed by atoms with E-state index < -0.39 is 11.7 Å². The SMILES string of the molecule is FC(F)(F)c1ccc(C2CC2CNC2CC2)cc1. The van der Waals surface area contributed by atoms with E-state index in [1.165, 1.54) is 25.0 Å². The van der Waals surface area contributed by atoms with Crippen molar-refractivity contribution in [3.63, 3.8) is 0 Å². The molecule has 0 aromatic heterocycles. The van der Waals surface area contributed by atoms with Gasteiger partial charge >= 0.3 is 6.18 Å². The number of nitrogens with one attached hydrogen (secondary N) is 1. The monoisotopic (exact) mass is 255 g/mol. The number of halogens is 3. The summed E-state index contributed by atoms with van der Waals surface area (Å²) in [5, 5.41) is 3.47. The predicted molar refractivity (Wildman–Crippen MR) is 63.3 cm³/mol. The van der Waals surface area contributed by atoms with Gasteiger partial charge < -0.3 is 5.32 Å². The fourth-order valence-corrected chi connectivity index (χ4v) is 2.41. The molecule has 98 valence electrons. The van der Waals surface area contributed by atoms with Crippen molar-refractivity contribution in [2.75, 3.05) is 6.54 Å². The maximum absolute atomic E-state index is 12.4. The number of hydrogen-bond donors (Lipinski definition) is 1. The molecule has 0 aliphatic heterocycles. The molecule has 2 saturated carbocycles. The molecule has 0 spiro atoms. The lowest BCUT2D eigenvalue weighted by molar-refractivity contribution is -0.137. The van der Waals surface area contributed by atoms with Crippen LogP contribution in [0.5, 0.6) is 0 Å². The Hall–Kier alpha value is -1.03. The van der Waals surface area contributed by atoms with Gasteiger partial charge in [-0.25, -0.2) is 0 Å². The summed E-state index contributed by atoms with van der Waals surface area (Å²) in [5.41, 5.74) is 0.491. The highest BCUT2D eigenvalue weighted by molar-refractivity contribution is 5.30. The zero-order valence-corrected chi connectivity index (χ0v) is 10.0. The van der Waals surface area contributed by atoms with Gasteiger partial charge in [0.1, 0.15) is 0 Å². The third-order valence-electron chi connectivity index (χ3n) is 3.83. The first kappa shape index (κ1) is 12.0. The number of alkyl halides is 3. The standard InChI is InChI=1S/C14H16F3N/c15-14(16,17)11-3-1-9(2-4-11)13-7-10(13)8-18-12-5-6-12/h1-4,10,12-13,18H,5-8H2. The largest absolute Gasteiger partial charge is 0.416 e. The molecule has 1 aromatic rings. The summed E-state index contributed by atoms with van der Waals surface area (Å²) >= 11 is 0. The van der Waals surface area contributed by atoms with Crippen molar-refractivity contribution in [1.29, 1.82) is 0 Å². The Labute approximate surface area is 104 Å². The Morgan fingerprint density at radius 1 is 1.11 bits per heavy atom. The summed E-state index contributed by atoms with van der Waals surface area (Å²) in [7, 11) is 0. The highest BCUT2D eigenvalue weighted by atomic mass is 19.4. The zero-order chi connectivity index (χ0) is 12.8. The molecule has 0 radical (unpaired) electrons. The predicted octanol–water partition coefficient (Wildman–Crippen LogP) is 3.56. The highest BCUT2D eigenvalue weighted by Crippen LogP contribution is 2.47. The minimum atomic E-state index is -4.23. The van der Waals surface area contributed by atoms with Gasteiger partial charge in [0.25, 0.3) is 0 Å². The van der Waals surface area contributed by atoms with Gasteiger partial charge in [0.15, 0.2) is 0 Å². The van der Waals surface area contributed by atoms with E-state index in [0.717, 1.165) is 18.5 Å². The molecule has 0 bridgehead atoms. The normalized spacial score (nSPS) is 27.3. The Bertz CT molecular complexity index is 420. The van der Waals surface area contributed by atoms with Gasteiger partial charge in [-0.05, 0) is 55.3 Å². The number of hydrogen-bond acceptors (Lipinski definition) is 1. The summed E-state index contributed by atoms with van der Waals surface area (Å²) in [6.45, 7) is 1.01. The van der Waals surface area contributed by atoms with Crippen LogP contribution in [0, 0.1) is 5.92 Å². The summed E-state index contributed by atoms with van der Waals surface area (Å²) in [6, 6.07) is 6.35. The third kappa shape index (κ3) is 2.69. The molecule has 2 aliphatic rings. The van der Waals surface area contributed by atoms with Gasteiger partial charge in [-0.3, -0.25) is 0 Å². The van der Waals surface area contributed by atoms with Crippen LogP contribution < -0.4 is 5.32 Å². The fourth-order valence-electron chi connectivity index (χ4n) is 2.41. The van der Waals surface area contributed by atoms with Crippen molar-refractivity contribution < 1.29 is 13.2 Å². The van der Waals surface area contributed by atoms with Crippen LogP contribution >= 0.6 is 0 Å². The van der Waals surface area contributed by atoms with Crippen LogP contribution in [0.1, 0.15) is 36.3 Å². The van der Waals surface area contributed by atoms with Crippen molar-refractivity contribution in [2.45, 2.75) is 37.4 Å². The van der Waals surface area contributed by atoms with Crippen molar-refractivity contribution in [2.24, 2.45) is 5.92 Å². The van der Waals surface area contributed by atoms with Gasteiger partial charge in [0, 0.05) is 6.04 Å². The first-order chi connectivity index (χ1) is 8.54. The third-order valence-corrected chi connectivity index (χ3v) is 3.83. The molecule has 2 unspecified atom stereocenters. The number of rotatable bonds is 4. The lowest BCUT2D eigenvalue weighted by atomic mass is 10.1. The van der Waals surface area contributed by atoms with Crippen molar-refractivity contribution in [3.05, 3.63) is 35.4 Å². The summed E-state index contributed by atoms with van der Waals surface area (Å²) in [6.07, 6.45) is -0.574. The smallest absolute Gasteiger partial charge is 0.314 e. The number of benzene rings is 1. The Morgan fingerprint density at radius 3 is 2.33 bits per heavy atom. The minimum absolute atomic E-state index is 0.457. The first-order valence-electron chi connectivity index (χ1n) is 6.44. The second-order valence-electron chi connectivity index (χ2n) is 5.40. The van der Waals surface area contributed by atoms with Gasteiger partial charge in [-0.15, -0.1) is 0 Å². The van der Waals surface area contributed by atoms with E-state index in [1.54, 1.807) is 12.1 Å². The lowest BCUT2D eigenvalue weighted by Crippen LogP contribution is -2.19. The quantitative estimate of drug-likeness (QED) is 0.867. The maximum atomic E-state index is 12.4. The first-order valence-corrected chi connectivity index (χ1v) is 6.44. The molecule has 3 rings (SSSR count). The van der Waals surface area contributed by atoms with Gasteiger partial charge in [0.2, 0.25) is 0 Å². The Kier molecular flexibility index (Phi) is 2.85. The zero-order valence-electron chi connectivity index (χ0n) is 10.0. The molecule has 2 aliphatic carbocycles. The summed E-state index contributed by atoms with van der Waals surface area (Å²) < 4.78 is 37.3. The molecule has 1 nitrogen and oxygen atoms in total. The van der Waals surface area contributed by atoms with Gasteiger partial charge in [0.05, 0.1) is 5.56 Å². The second-order valence-corrected chi connectivity index (χ2v) is 5.40. The Morgan fingerprint density at radius 2 is 1.78 bits per heavy atom. The molecule has 2 atom stereocenters. The average Bonchev–Trinajstić information content (AvgIpc) is 3.20. The summed E-state index contributed by atoms with van der Waals surface area (Å²) in [4.78, 5) is 0. The van der Waals surface area contributed by atoms with Crippen LogP contribution in [0.3, 0.4) is 0 Å². The van der Waals surface area contributed by atoms with E-state index >= 15 is 0 Å². The van der Waals surface area contributed by atoms with E-state index in [1.807, 2.05) is 0 Å². The van der Waals surface area contributed by atoms with E-state index in [-0.39, 0.29) is 0 Å². The lowest BCUT2D eigenvalue weighted by Gasteiger charge is -2.07. The van der Waals surface area contributed by atoms with Gasteiger partial charge in [-0.1, -0.05) is 12.1 Å². The molecule has 1 aromatic carbocycles. The van der Waals surface area contributed by atoms with E-state index in [4.69, 9.17) is 0 Å². The summed E-state index contributed by atoms with van der Waals surface area (Å²) in [5.74, 6) is 1.07. The molecule has 0 saturated heterocycles. The van der Waals surface area contributed by atoms with Crippen LogP contribution in [0.2, 0.25) is 0 Å². The van der Waals surface area contributed by atoms with Crippen molar-refractivity contribution >= 4 is 0 Å². The van der Waals surface area contributed by atoms with E-state index in [2.05, 4.69) is 5.32 Å². The van der Waals surface area contributed by atoms with Crippen LogP contribution in [-0.4, -0.2) is 12.6 Å². The second kappa shape index (κ2) is 4.26. The Balaban J connectivity index is 1.57. The van der Waals surface area contributed by atoms with Crippen LogP contribution in [-0.2, 0) is 6.18 Å². The fraction of sp³-hybridized carbons (Fsp3) is 0.571. The van der Waals surface area contributed by atoms with Crippen LogP contribution in [0.15, 0.2) is 24.3 Å². The minimum Gasteiger partial charge on any atom is -0.314 e. The topological polar surface area (TPSA) is 12.0 Å². The molecule has 1 N–H and O–H groups in total. The van der Waals surface area contributed by atoms with Gasteiger partial charge in [-0.2, -0.15) is 13.2 Å². The van der Waals surface area contributed by atoms with E-state index in [9.17, 15) is 13.2 Å². The molecule has 4 heteroatoms. The average molecular weight is 255 g/mol. The van der Waals surface area contributed by atoms with Crippen molar-refractivity contribution in [3.8, 4) is 0 Å². The highest BCUT2D eigenvalue weighted by Gasteiger charge is 2.39. The molecular weight excluding hydrogens is 239 g/mol.